The highest BCUT2D eigenvalue weighted by Gasteiger charge is 2.14. The van der Waals surface area contributed by atoms with E-state index in [1.54, 1.807) is 11.3 Å². The zero-order valence-electron chi connectivity index (χ0n) is 7.69. The molecule has 72 valence electrons. The van der Waals surface area contributed by atoms with E-state index in [4.69, 9.17) is 0 Å². The van der Waals surface area contributed by atoms with Gasteiger partial charge < -0.3 is 5.11 Å². The monoisotopic (exact) mass is 198 g/mol. The summed E-state index contributed by atoms with van der Waals surface area (Å²) in [6.07, 6.45) is 1.02. The maximum absolute atomic E-state index is 11.4. The summed E-state index contributed by atoms with van der Waals surface area (Å²) in [6, 6.07) is 3.83. The Bertz CT molecular complexity index is 254. The van der Waals surface area contributed by atoms with Crippen LogP contribution >= 0.6 is 11.3 Å². The molecule has 0 bridgehead atoms. The van der Waals surface area contributed by atoms with E-state index in [0.29, 0.717) is 12.8 Å². The molecule has 2 nitrogen and oxygen atoms in total. The number of hydrogen-bond acceptors (Lipinski definition) is 3. The van der Waals surface area contributed by atoms with Gasteiger partial charge in [-0.1, -0.05) is 19.4 Å². The summed E-state index contributed by atoms with van der Waals surface area (Å²) in [7, 11) is 0. The van der Waals surface area contributed by atoms with Crippen LogP contribution in [0.3, 0.4) is 0 Å². The van der Waals surface area contributed by atoms with Crippen LogP contribution in [0.5, 0.6) is 0 Å². The van der Waals surface area contributed by atoms with E-state index in [2.05, 4.69) is 0 Å². The van der Waals surface area contributed by atoms with Crippen LogP contribution < -0.4 is 0 Å². The minimum Gasteiger partial charge on any atom is -0.385 e. The molecule has 0 aliphatic rings. The molecule has 0 fully saturated rings. The number of ketones is 1. The van der Waals surface area contributed by atoms with Crippen molar-refractivity contribution in [1.29, 1.82) is 0 Å². The number of Topliss-reactive ketones (excluding diaryl/α,β-unsaturated/α-hetero) is 1. The van der Waals surface area contributed by atoms with Crippen LogP contribution in [0.4, 0.5) is 0 Å². The molecule has 1 rings (SSSR count). The number of thiophene rings is 1. The maximum Gasteiger partial charge on any atom is 0.166 e. The van der Waals surface area contributed by atoms with Crippen molar-refractivity contribution in [2.75, 3.05) is 0 Å². The second-order valence-electron chi connectivity index (χ2n) is 3.03. The van der Waals surface area contributed by atoms with Gasteiger partial charge in [0.15, 0.2) is 5.78 Å². The molecule has 1 aromatic rings. The zero-order chi connectivity index (χ0) is 9.68. The van der Waals surface area contributed by atoms with Crippen LogP contribution in [0.15, 0.2) is 17.5 Å². The number of hydrogen-bond donors (Lipinski definition) is 1. The van der Waals surface area contributed by atoms with E-state index in [1.165, 1.54) is 0 Å². The number of carbonyl (C=O) groups excluding carboxylic acids is 1. The number of rotatable bonds is 5. The third-order valence-corrected chi connectivity index (χ3v) is 2.74. The molecular weight excluding hydrogens is 184 g/mol. The van der Waals surface area contributed by atoms with Crippen LogP contribution in [0.2, 0.25) is 0 Å². The maximum atomic E-state index is 11.4. The van der Waals surface area contributed by atoms with Crippen molar-refractivity contribution in [3.63, 3.8) is 0 Å². The van der Waals surface area contributed by atoms with Crippen molar-refractivity contribution < 1.29 is 9.90 Å². The topological polar surface area (TPSA) is 37.3 Å². The highest BCUT2D eigenvalue weighted by Crippen LogP contribution is 2.11. The quantitative estimate of drug-likeness (QED) is 0.786. The van der Waals surface area contributed by atoms with E-state index >= 15 is 0 Å². The minimum absolute atomic E-state index is 0.0655. The average molecular weight is 198 g/mol. The standard InChI is InChI=1S/C10H14O2S/c1-2-4-9(11)10(12)7-8-5-3-6-13-8/h3,5-6,9,11H,2,4,7H2,1H3. The summed E-state index contributed by atoms with van der Waals surface area (Å²) in [5.41, 5.74) is 0. The SMILES string of the molecule is CCCC(O)C(=O)Cc1cccs1. The molecular formula is C10H14O2S. The Balaban J connectivity index is 2.41. The van der Waals surface area contributed by atoms with E-state index in [0.717, 1.165) is 11.3 Å². The van der Waals surface area contributed by atoms with Gasteiger partial charge in [-0.15, -0.1) is 11.3 Å². The molecule has 0 aliphatic heterocycles. The van der Waals surface area contributed by atoms with Crippen molar-refractivity contribution >= 4 is 17.1 Å². The Morgan fingerprint density at radius 1 is 1.69 bits per heavy atom. The van der Waals surface area contributed by atoms with E-state index in [9.17, 15) is 9.90 Å². The predicted octanol–water partition coefficient (Wildman–Crippen LogP) is 2.02. The smallest absolute Gasteiger partial charge is 0.166 e. The second kappa shape index (κ2) is 5.14. The van der Waals surface area contributed by atoms with Gasteiger partial charge in [0.1, 0.15) is 6.10 Å². The Labute approximate surface area is 82.2 Å². The van der Waals surface area contributed by atoms with Crippen molar-refractivity contribution in [2.45, 2.75) is 32.3 Å². The van der Waals surface area contributed by atoms with Crippen LogP contribution in [0, 0.1) is 0 Å². The van der Waals surface area contributed by atoms with Crippen molar-refractivity contribution in [1.82, 2.24) is 0 Å². The van der Waals surface area contributed by atoms with Gasteiger partial charge in [0.25, 0.3) is 0 Å². The van der Waals surface area contributed by atoms with Crippen LogP contribution in [-0.2, 0) is 11.2 Å². The molecule has 0 aromatic carbocycles. The first-order valence-electron chi connectivity index (χ1n) is 4.47. The van der Waals surface area contributed by atoms with Crippen molar-refractivity contribution in [2.24, 2.45) is 0 Å². The van der Waals surface area contributed by atoms with E-state index in [1.807, 2.05) is 24.4 Å². The molecule has 0 aliphatic carbocycles. The Hall–Kier alpha value is -0.670. The molecule has 0 saturated carbocycles. The van der Waals surface area contributed by atoms with E-state index in [-0.39, 0.29) is 5.78 Å². The fourth-order valence-electron chi connectivity index (χ4n) is 1.14. The van der Waals surface area contributed by atoms with E-state index < -0.39 is 6.10 Å². The molecule has 0 amide bonds. The van der Waals surface area contributed by atoms with Gasteiger partial charge in [-0.3, -0.25) is 4.79 Å². The highest BCUT2D eigenvalue weighted by atomic mass is 32.1. The number of carbonyl (C=O) groups is 1. The summed E-state index contributed by atoms with van der Waals surface area (Å²) in [4.78, 5) is 12.4. The van der Waals surface area contributed by atoms with Gasteiger partial charge in [0.05, 0.1) is 0 Å². The number of aliphatic hydroxyl groups excluding tert-OH is 1. The lowest BCUT2D eigenvalue weighted by molar-refractivity contribution is -0.126. The molecule has 1 unspecified atom stereocenters. The zero-order valence-corrected chi connectivity index (χ0v) is 8.51. The molecule has 13 heavy (non-hydrogen) atoms. The highest BCUT2D eigenvalue weighted by molar-refractivity contribution is 7.10. The first-order valence-corrected chi connectivity index (χ1v) is 5.35. The molecule has 3 heteroatoms. The summed E-state index contributed by atoms with van der Waals surface area (Å²) >= 11 is 1.55. The van der Waals surface area contributed by atoms with Crippen molar-refractivity contribution in [3.8, 4) is 0 Å². The average Bonchev–Trinajstić information content (AvgIpc) is 2.57. The molecule has 1 N–H and O–H groups in total. The number of aliphatic hydroxyl groups is 1. The molecule has 1 atom stereocenters. The Kier molecular flexibility index (Phi) is 4.12. The first-order chi connectivity index (χ1) is 6.24. The molecule has 0 saturated heterocycles. The Morgan fingerprint density at radius 3 is 3.00 bits per heavy atom. The third-order valence-electron chi connectivity index (χ3n) is 1.86. The Morgan fingerprint density at radius 2 is 2.46 bits per heavy atom. The van der Waals surface area contributed by atoms with Gasteiger partial charge >= 0.3 is 0 Å². The fourth-order valence-corrected chi connectivity index (χ4v) is 1.85. The molecule has 0 radical (unpaired) electrons. The lowest BCUT2D eigenvalue weighted by Gasteiger charge is -2.06. The third kappa shape index (κ3) is 3.28. The van der Waals surface area contributed by atoms with Gasteiger partial charge in [0.2, 0.25) is 0 Å². The fraction of sp³-hybridized carbons (Fsp3) is 0.500. The summed E-state index contributed by atoms with van der Waals surface area (Å²) in [5.74, 6) is -0.0655. The van der Waals surface area contributed by atoms with Crippen LogP contribution in [0.1, 0.15) is 24.6 Å². The normalized spacial score (nSPS) is 12.8. The summed E-state index contributed by atoms with van der Waals surface area (Å²) in [6.45, 7) is 1.96. The van der Waals surface area contributed by atoms with Gasteiger partial charge in [0, 0.05) is 11.3 Å². The molecule has 1 aromatic heterocycles. The lowest BCUT2D eigenvalue weighted by atomic mass is 10.1. The first kappa shape index (κ1) is 10.4. The largest absolute Gasteiger partial charge is 0.385 e. The second-order valence-corrected chi connectivity index (χ2v) is 4.06. The summed E-state index contributed by atoms with van der Waals surface area (Å²) in [5, 5.41) is 11.3. The lowest BCUT2D eigenvalue weighted by Crippen LogP contribution is -2.21. The van der Waals surface area contributed by atoms with Crippen LogP contribution in [-0.4, -0.2) is 17.0 Å². The van der Waals surface area contributed by atoms with Gasteiger partial charge in [-0.2, -0.15) is 0 Å². The summed E-state index contributed by atoms with van der Waals surface area (Å²) < 4.78 is 0. The predicted molar refractivity (Wildman–Crippen MR) is 53.9 cm³/mol. The van der Waals surface area contributed by atoms with Crippen molar-refractivity contribution in [3.05, 3.63) is 22.4 Å². The minimum atomic E-state index is -0.771. The van der Waals surface area contributed by atoms with Gasteiger partial charge in [-0.05, 0) is 17.9 Å². The molecule has 1 heterocycles. The van der Waals surface area contributed by atoms with Crippen LogP contribution in [0.25, 0.3) is 0 Å². The van der Waals surface area contributed by atoms with Gasteiger partial charge in [-0.25, -0.2) is 0 Å². The molecule has 0 spiro atoms.